The zero-order chi connectivity index (χ0) is 11.8. The Kier molecular flexibility index (Phi) is 2.60. The van der Waals surface area contributed by atoms with Crippen LogP contribution >= 0.6 is 11.6 Å². The average molecular weight is 253 g/mol. The lowest BCUT2D eigenvalue weighted by Gasteiger charge is -2.13. The van der Waals surface area contributed by atoms with E-state index in [2.05, 4.69) is 37.2 Å². The van der Waals surface area contributed by atoms with Gasteiger partial charge in [-0.25, -0.2) is 4.98 Å². The molecule has 0 aromatic carbocycles. The number of rotatable bonds is 2. The van der Waals surface area contributed by atoms with E-state index in [0.29, 0.717) is 11.7 Å². The van der Waals surface area contributed by atoms with Gasteiger partial charge in [0.05, 0.1) is 6.33 Å². The molecule has 0 bridgehead atoms. The summed E-state index contributed by atoms with van der Waals surface area (Å²) in [6.07, 6.45) is 2.70. The number of H-pyrrole nitrogens is 1. The zero-order valence-electron chi connectivity index (χ0n) is 9.44. The quantitative estimate of drug-likeness (QED) is 0.784. The highest BCUT2D eigenvalue weighted by molar-refractivity contribution is 6.28. The fourth-order valence-electron chi connectivity index (χ4n) is 2.16. The van der Waals surface area contributed by atoms with Crippen LogP contribution in [0.2, 0.25) is 5.28 Å². The number of hydrogen-bond acceptors (Lipinski definition) is 5. The number of likely N-dealkylation sites (N-methyl/N-ethyl adjacent to an activating group) is 1. The summed E-state index contributed by atoms with van der Waals surface area (Å²) < 4.78 is 0. The van der Waals surface area contributed by atoms with Crippen LogP contribution in [0.3, 0.4) is 0 Å². The first-order valence-corrected chi connectivity index (χ1v) is 5.92. The molecule has 1 aliphatic heterocycles. The predicted molar refractivity (Wildman–Crippen MR) is 66.2 cm³/mol. The first-order valence-electron chi connectivity index (χ1n) is 5.54. The second-order valence-electron chi connectivity index (χ2n) is 4.33. The molecule has 0 radical (unpaired) electrons. The summed E-state index contributed by atoms with van der Waals surface area (Å²) in [7, 11) is 2.11. The molecule has 2 aromatic rings. The van der Waals surface area contributed by atoms with Crippen molar-refractivity contribution in [2.45, 2.75) is 12.5 Å². The largest absolute Gasteiger partial charge is 0.364 e. The summed E-state index contributed by atoms with van der Waals surface area (Å²) in [5.74, 6) is 0.734. The lowest BCUT2D eigenvalue weighted by Crippen LogP contribution is -2.24. The minimum atomic E-state index is 0.221. The molecular weight excluding hydrogens is 240 g/mol. The molecule has 6 nitrogen and oxygen atoms in total. The monoisotopic (exact) mass is 252 g/mol. The number of hydrogen-bond donors (Lipinski definition) is 2. The number of aromatic amines is 1. The number of imidazole rings is 1. The Balaban J connectivity index is 1.91. The number of aromatic nitrogens is 4. The van der Waals surface area contributed by atoms with Crippen LogP contribution in [0.15, 0.2) is 6.33 Å². The van der Waals surface area contributed by atoms with Crippen LogP contribution in [0.5, 0.6) is 0 Å². The van der Waals surface area contributed by atoms with Gasteiger partial charge in [0.1, 0.15) is 5.52 Å². The van der Waals surface area contributed by atoms with E-state index in [1.807, 2.05) is 0 Å². The normalized spacial score (nSPS) is 21.2. The van der Waals surface area contributed by atoms with Crippen molar-refractivity contribution in [2.24, 2.45) is 0 Å². The Bertz CT molecular complexity index is 539. The minimum Gasteiger partial charge on any atom is -0.364 e. The molecule has 0 saturated carbocycles. The Morgan fingerprint density at radius 1 is 1.53 bits per heavy atom. The lowest BCUT2D eigenvalue weighted by molar-refractivity contribution is 0.414. The van der Waals surface area contributed by atoms with E-state index in [1.54, 1.807) is 6.33 Å². The lowest BCUT2D eigenvalue weighted by atomic mass is 10.2. The van der Waals surface area contributed by atoms with E-state index in [-0.39, 0.29) is 5.28 Å². The maximum atomic E-state index is 5.87. The summed E-state index contributed by atoms with van der Waals surface area (Å²) >= 11 is 5.87. The van der Waals surface area contributed by atoms with Gasteiger partial charge in [-0.05, 0) is 31.6 Å². The van der Waals surface area contributed by atoms with E-state index in [0.717, 1.165) is 30.8 Å². The fraction of sp³-hybridized carbons (Fsp3) is 0.500. The fourth-order valence-corrected chi connectivity index (χ4v) is 2.32. The number of nitrogens with zero attached hydrogens (tertiary/aromatic N) is 4. The number of likely N-dealkylation sites (tertiary alicyclic amines) is 1. The summed E-state index contributed by atoms with van der Waals surface area (Å²) in [6.45, 7) is 2.11. The Morgan fingerprint density at radius 3 is 3.18 bits per heavy atom. The summed E-state index contributed by atoms with van der Waals surface area (Å²) in [6, 6.07) is 0.400. The van der Waals surface area contributed by atoms with Gasteiger partial charge in [-0.3, -0.25) is 0 Å². The summed E-state index contributed by atoms with van der Waals surface area (Å²) in [4.78, 5) is 17.7. The molecule has 1 atom stereocenters. The Labute approximate surface area is 103 Å². The van der Waals surface area contributed by atoms with Crippen molar-refractivity contribution in [1.82, 2.24) is 24.8 Å². The van der Waals surface area contributed by atoms with Gasteiger partial charge in [-0.15, -0.1) is 0 Å². The van der Waals surface area contributed by atoms with Crippen molar-refractivity contribution in [1.29, 1.82) is 0 Å². The third-order valence-electron chi connectivity index (χ3n) is 2.99. The average Bonchev–Trinajstić information content (AvgIpc) is 2.87. The van der Waals surface area contributed by atoms with Gasteiger partial charge in [-0.1, -0.05) is 0 Å². The highest BCUT2D eigenvalue weighted by Crippen LogP contribution is 2.21. The molecule has 0 aliphatic carbocycles. The smallest absolute Gasteiger partial charge is 0.226 e. The molecule has 1 unspecified atom stereocenters. The molecule has 3 rings (SSSR count). The number of fused-ring (bicyclic) bond motifs is 1. The van der Waals surface area contributed by atoms with E-state index in [1.165, 1.54) is 0 Å². The highest BCUT2D eigenvalue weighted by atomic mass is 35.5. The molecule has 0 amide bonds. The third-order valence-corrected chi connectivity index (χ3v) is 3.16. The molecule has 17 heavy (non-hydrogen) atoms. The van der Waals surface area contributed by atoms with Gasteiger partial charge in [0.2, 0.25) is 5.28 Å². The Hall–Kier alpha value is -1.40. The van der Waals surface area contributed by atoms with E-state index >= 15 is 0 Å². The maximum absolute atomic E-state index is 5.87. The van der Waals surface area contributed by atoms with Crippen LogP contribution < -0.4 is 5.32 Å². The standard InChI is InChI=1S/C10H13ClN6/c1-17-3-2-6(4-17)14-9-7-8(13-5-12-7)15-10(11)16-9/h5-6H,2-4H2,1H3,(H2,12,13,14,15,16). The second kappa shape index (κ2) is 4.12. The van der Waals surface area contributed by atoms with Gasteiger partial charge < -0.3 is 15.2 Å². The highest BCUT2D eigenvalue weighted by Gasteiger charge is 2.21. The van der Waals surface area contributed by atoms with E-state index in [9.17, 15) is 0 Å². The van der Waals surface area contributed by atoms with Gasteiger partial charge in [0.25, 0.3) is 0 Å². The first-order chi connectivity index (χ1) is 8.22. The van der Waals surface area contributed by atoms with Crippen LogP contribution in [-0.4, -0.2) is 51.0 Å². The van der Waals surface area contributed by atoms with Crippen LogP contribution in [0.25, 0.3) is 11.2 Å². The van der Waals surface area contributed by atoms with Gasteiger partial charge in [-0.2, -0.15) is 9.97 Å². The van der Waals surface area contributed by atoms with Gasteiger partial charge in [0.15, 0.2) is 11.5 Å². The number of anilines is 1. The first kappa shape index (κ1) is 10.7. The molecule has 1 saturated heterocycles. The molecule has 7 heteroatoms. The third kappa shape index (κ3) is 2.05. The van der Waals surface area contributed by atoms with Gasteiger partial charge >= 0.3 is 0 Å². The second-order valence-corrected chi connectivity index (χ2v) is 4.67. The SMILES string of the molecule is CN1CCC(Nc2nc(Cl)nc3nc[nH]c23)C1. The van der Waals surface area contributed by atoms with E-state index in [4.69, 9.17) is 11.6 Å². The minimum absolute atomic E-state index is 0.221. The molecule has 2 aromatic heterocycles. The molecule has 2 N–H and O–H groups in total. The van der Waals surface area contributed by atoms with Crippen molar-refractivity contribution in [3.05, 3.63) is 11.6 Å². The van der Waals surface area contributed by atoms with Crippen LogP contribution in [0.4, 0.5) is 5.82 Å². The van der Waals surface area contributed by atoms with Crippen molar-refractivity contribution in [2.75, 3.05) is 25.5 Å². The molecule has 90 valence electrons. The van der Waals surface area contributed by atoms with Crippen molar-refractivity contribution in [3.63, 3.8) is 0 Å². The van der Waals surface area contributed by atoms with E-state index < -0.39 is 0 Å². The topological polar surface area (TPSA) is 69.7 Å². The predicted octanol–water partition coefficient (Wildman–Crippen LogP) is 1.12. The van der Waals surface area contributed by atoms with Crippen LogP contribution in [-0.2, 0) is 0 Å². The van der Waals surface area contributed by atoms with Crippen molar-refractivity contribution in [3.8, 4) is 0 Å². The number of nitrogens with one attached hydrogen (secondary N) is 2. The molecule has 1 aliphatic rings. The maximum Gasteiger partial charge on any atom is 0.226 e. The number of halogens is 1. The molecule has 3 heterocycles. The van der Waals surface area contributed by atoms with Gasteiger partial charge in [0, 0.05) is 12.6 Å². The Morgan fingerprint density at radius 2 is 2.41 bits per heavy atom. The molecule has 1 fully saturated rings. The van der Waals surface area contributed by atoms with Crippen LogP contribution in [0, 0.1) is 0 Å². The van der Waals surface area contributed by atoms with Crippen molar-refractivity contribution >= 4 is 28.6 Å². The molecule has 0 spiro atoms. The van der Waals surface area contributed by atoms with Crippen LogP contribution in [0.1, 0.15) is 6.42 Å². The summed E-state index contributed by atoms with van der Waals surface area (Å²) in [5.41, 5.74) is 1.41. The summed E-state index contributed by atoms with van der Waals surface area (Å²) in [5, 5.41) is 3.61. The van der Waals surface area contributed by atoms with Crippen molar-refractivity contribution < 1.29 is 0 Å². The molecular formula is C10H13ClN6. The zero-order valence-corrected chi connectivity index (χ0v) is 10.2.